The van der Waals surface area contributed by atoms with Gasteiger partial charge in [-0.25, -0.2) is 5.48 Å². The number of hydrogen-bond acceptors (Lipinski definition) is 4. The molecule has 5 nitrogen and oxygen atoms in total. The highest BCUT2D eigenvalue weighted by Crippen LogP contribution is 2.32. The molecule has 0 spiro atoms. The van der Waals surface area contributed by atoms with Crippen molar-refractivity contribution in [1.82, 2.24) is 5.48 Å². The molecule has 0 heterocycles. The van der Waals surface area contributed by atoms with Crippen LogP contribution in [0, 0.1) is 11.8 Å². The van der Waals surface area contributed by atoms with E-state index in [-0.39, 0.29) is 5.97 Å². The Kier molecular flexibility index (Phi) is 3.25. The molecule has 0 aliphatic heterocycles. The molecular formula is C8H13NO4. The van der Waals surface area contributed by atoms with Crippen molar-refractivity contribution < 1.29 is 19.5 Å². The van der Waals surface area contributed by atoms with Crippen LogP contribution in [-0.4, -0.2) is 24.2 Å². The van der Waals surface area contributed by atoms with Crippen molar-refractivity contribution in [3.63, 3.8) is 0 Å². The quantitative estimate of drug-likeness (QED) is 0.364. The number of carbonyl (C=O) groups is 2. The summed E-state index contributed by atoms with van der Waals surface area (Å²) >= 11 is 0. The molecule has 0 aromatic rings. The third-order valence-corrected chi connectivity index (χ3v) is 2.47. The fourth-order valence-electron chi connectivity index (χ4n) is 1.79. The molecular weight excluding hydrogens is 174 g/mol. The number of rotatable bonds is 2. The molecule has 0 radical (unpaired) electrons. The lowest BCUT2D eigenvalue weighted by Crippen LogP contribution is -2.33. The van der Waals surface area contributed by atoms with E-state index >= 15 is 0 Å². The Morgan fingerprint density at radius 3 is 2.54 bits per heavy atom. The molecule has 1 aliphatic rings. The van der Waals surface area contributed by atoms with Gasteiger partial charge in [0, 0.05) is 0 Å². The van der Waals surface area contributed by atoms with Gasteiger partial charge in [-0.15, -0.1) is 0 Å². The van der Waals surface area contributed by atoms with Crippen LogP contribution in [0.15, 0.2) is 0 Å². The maximum Gasteiger partial charge on any atom is 0.309 e. The van der Waals surface area contributed by atoms with Crippen LogP contribution < -0.4 is 5.48 Å². The fraction of sp³-hybridized carbons (Fsp3) is 0.750. The van der Waals surface area contributed by atoms with Crippen molar-refractivity contribution in [2.75, 3.05) is 7.11 Å². The number of methoxy groups -OCH3 is 1. The van der Waals surface area contributed by atoms with E-state index in [0.717, 1.165) is 6.42 Å². The summed E-state index contributed by atoms with van der Waals surface area (Å²) in [5.41, 5.74) is 1.57. The van der Waals surface area contributed by atoms with Gasteiger partial charge in [-0.2, -0.15) is 0 Å². The topological polar surface area (TPSA) is 75.6 Å². The molecule has 2 unspecified atom stereocenters. The first-order valence-corrected chi connectivity index (χ1v) is 4.22. The molecule has 0 aromatic heterocycles. The van der Waals surface area contributed by atoms with Crippen molar-refractivity contribution in [1.29, 1.82) is 0 Å². The number of ether oxygens (including phenoxy) is 1. The average molecular weight is 187 g/mol. The Hall–Kier alpha value is -1.10. The van der Waals surface area contributed by atoms with Crippen LogP contribution in [0.25, 0.3) is 0 Å². The number of esters is 1. The van der Waals surface area contributed by atoms with Gasteiger partial charge in [0.25, 0.3) is 0 Å². The molecule has 0 aromatic carbocycles. The highest BCUT2D eigenvalue weighted by atomic mass is 16.5. The predicted molar refractivity (Wildman–Crippen MR) is 42.8 cm³/mol. The number of hydrogen-bond donors (Lipinski definition) is 2. The second-order valence-electron chi connectivity index (χ2n) is 3.14. The molecule has 2 N–H and O–H groups in total. The first-order valence-electron chi connectivity index (χ1n) is 4.22. The maximum absolute atomic E-state index is 11.2. The van der Waals surface area contributed by atoms with Gasteiger partial charge in [-0.3, -0.25) is 14.8 Å². The predicted octanol–water partition coefficient (Wildman–Crippen LogP) is 0.0811. The molecule has 1 saturated carbocycles. The van der Waals surface area contributed by atoms with Gasteiger partial charge in [0.2, 0.25) is 5.91 Å². The van der Waals surface area contributed by atoms with Gasteiger partial charge in [-0.1, -0.05) is 6.42 Å². The molecule has 1 rings (SSSR count). The van der Waals surface area contributed by atoms with E-state index in [2.05, 4.69) is 4.74 Å². The summed E-state index contributed by atoms with van der Waals surface area (Å²) < 4.78 is 4.56. The van der Waals surface area contributed by atoms with E-state index in [1.54, 1.807) is 5.48 Å². The SMILES string of the molecule is COC(=O)C1CCCC1C(=O)NO. The zero-order chi connectivity index (χ0) is 9.84. The average Bonchev–Trinajstić information content (AvgIpc) is 2.63. The fourth-order valence-corrected chi connectivity index (χ4v) is 1.79. The Labute approximate surface area is 76.0 Å². The minimum Gasteiger partial charge on any atom is -0.469 e. The van der Waals surface area contributed by atoms with Crippen molar-refractivity contribution >= 4 is 11.9 Å². The maximum atomic E-state index is 11.2. The summed E-state index contributed by atoms with van der Waals surface area (Å²) in [5.74, 6) is -1.69. The van der Waals surface area contributed by atoms with Gasteiger partial charge in [-0.05, 0) is 12.8 Å². The third kappa shape index (κ3) is 1.98. The molecule has 2 atom stereocenters. The highest BCUT2D eigenvalue weighted by Gasteiger charge is 2.38. The van der Waals surface area contributed by atoms with E-state index in [9.17, 15) is 9.59 Å². The third-order valence-electron chi connectivity index (χ3n) is 2.47. The number of carbonyl (C=O) groups excluding carboxylic acids is 2. The van der Waals surface area contributed by atoms with E-state index in [1.165, 1.54) is 7.11 Å². The van der Waals surface area contributed by atoms with Crippen LogP contribution in [0.5, 0.6) is 0 Å². The van der Waals surface area contributed by atoms with Gasteiger partial charge >= 0.3 is 5.97 Å². The lowest BCUT2D eigenvalue weighted by atomic mass is 9.96. The second-order valence-corrected chi connectivity index (χ2v) is 3.14. The first kappa shape index (κ1) is 9.98. The molecule has 1 fully saturated rings. The van der Waals surface area contributed by atoms with Crippen molar-refractivity contribution in [2.24, 2.45) is 11.8 Å². The van der Waals surface area contributed by atoms with Crippen LogP contribution >= 0.6 is 0 Å². The number of amides is 1. The summed E-state index contributed by atoms with van der Waals surface area (Å²) in [7, 11) is 1.30. The molecule has 0 bridgehead atoms. The molecule has 74 valence electrons. The van der Waals surface area contributed by atoms with Gasteiger partial charge in [0.05, 0.1) is 18.9 Å². The molecule has 1 amide bonds. The lowest BCUT2D eigenvalue weighted by Gasteiger charge is -2.14. The zero-order valence-electron chi connectivity index (χ0n) is 7.45. The molecule has 0 saturated heterocycles. The van der Waals surface area contributed by atoms with Crippen LogP contribution in [0.4, 0.5) is 0 Å². The zero-order valence-corrected chi connectivity index (χ0v) is 7.45. The Balaban J connectivity index is 2.63. The normalized spacial score (nSPS) is 26.9. The minimum atomic E-state index is -0.493. The van der Waals surface area contributed by atoms with Gasteiger partial charge in [0.15, 0.2) is 0 Å². The summed E-state index contributed by atoms with van der Waals surface area (Å²) in [4.78, 5) is 22.2. The number of nitrogens with one attached hydrogen (secondary N) is 1. The molecule has 5 heteroatoms. The summed E-state index contributed by atoms with van der Waals surface area (Å²) in [5, 5.41) is 8.42. The van der Waals surface area contributed by atoms with E-state index < -0.39 is 17.7 Å². The molecule has 13 heavy (non-hydrogen) atoms. The minimum absolute atomic E-state index is 0.369. The summed E-state index contributed by atoms with van der Waals surface area (Å²) in [6, 6.07) is 0. The van der Waals surface area contributed by atoms with Crippen LogP contribution in [0.2, 0.25) is 0 Å². The van der Waals surface area contributed by atoms with Crippen molar-refractivity contribution in [3.05, 3.63) is 0 Å². The summed E-state index contributed by atoms with van der Waals surface area (Å²) in [6.45, 7) is 0. The summed E-state index contributed by atoms with van der Waals surface area (Å²) in [6.07, 6.45) is 2.11. The standard InChI is InChI=1S/C8H13NO4/c1-13-8(11)6-4-2-3-5(6)7(10)9-12/h5-6,12H,2-4H2,1H3,(H,9,10). The van der Waals surface area contributed by atoms with Crippen LogP contribution in [0.3, 0.4) is 0 Å². The first-order chi connectivity index (χ1) is 6.20. The monoisotopic (exact) mass is 187 g/mol. The van der Waals surface area contributed by atoms with Crippen LogP contribution in [0.1, 0.15) is 19.3 Å². The van der Waals surface area contributed by atoms with Crippen molar-refractivity contribution in [2.45, 2.75) is 19.3 Å². The van der Waals surface area contributed by atoms with Gasteiger partial charge in [0.1, 0.15) is 0 Å². The molecule has 1 aliphatic carbocycles. The van der Waals surface area contributed by atoms with Gasteiger partial charge < -0.3 is 4.74 Å². The lowest BCUT2D eigenvalue weighted by molar-refractivity contribution is -0.151. The Morgan fingerprint density at radius 2 is 2.00 bits per heavy atom. The highest BCUT2D eigenvalue weighted by molar-refractivity contribution is 5.85. The number of hydroxylamine groups is 1. The van der Waals surface area contributed by atoms with Crippen LogP contribution in [-0.2, 0) is 14.3 Å². The second kappa shape index (κ2) is 4.23. The smallest absolute Gasteiger partial charge is 0.309 e. The Morgan fingerprint density at radius 1 is 1.38 bits per heavy atom. The van der Waals surface area contributed by atoms with E-state index in [0.29, 0.717) is 12.8 Å². The Bertz CT molecular complexity index is 194. The van der Waals surface area contributed by atoms with Crippen molar-refractivity contribution in [3.8, 4) is 0 Å². The largest absolute Gasteiger partial charge is 0.469 e. The van der Waals surface area contributed by atoms with E-state index in [4.69, 9.17) is 5.21 Å². The van der Waals surface area contributed by atoms with E-state index in [1.807, 2.05) is 0 Å².